The molecular formula is C31H48N2O8. The second-order valence-corrected chi connectivity index (χ2v) is 9.50. The lowest BCUT2D eigenvalue weighted by Crippen LogP contribution is -2.37. The zero-order valence-corrected chi connectivity index (χ0v) is 24.5. The molecule has 0 heterocycles. The van der Waals surface area contributed by atoms with Gasteiger partial charge in [-0.2, -0.15) is 0 Å². The molecule has 2 aromatic carbocycles. The standard InChI is InChI=1S/C27H37NO5.C4H11NO3/c1-3-5-6-10-18-28(19-17-22-11-8-7-9-12-22)26(29)21-33-24-15-13-23(14-16-24)20-25(27(30)31)32-4-2;6-2-1-5(3-7)4-8/h7-9,11-16,25H,3-6,10,17-21H2,1-2H3,(H,30,31);6-8H,1-4H2/t25-;/m0./s1. The molecule has 0 fully saturated rings. The summed E-state index contributed by atoms with van der Waals surface area (Å²) in [5.41, 5.74) is 2.06. The number of carboxylic acids is 1. The quantitative estimate of drug-likeness (QED) is 0.138. The number of carboxylic acid groups (broad SMARTS) is 1. The van der Waals surface area contributed by atoms with E-state index in [1.54, 1.807) is 19.1 Å². The van der Waals surface area contributed by atoms with E-state index < -0.39 is 12.1 Å². The normalized spacial score (nSPS) is 11.5. The first kappa shape index (κ1) is 36.0. The molecule has 1 amide bonds. The van der Waals surface area contributed by atoms with Crippen molar-refractivity contribution in [3.63, 3.8) is 0 Å². The van der Waals surface area contributed by atoms with E-state index in [0.29, 0.717) is 25.4 Å². The van der Waals surface area contributed by atoms with Gasteiger partial charge in [-0.1, -0.05) is 68.7 Å². The first-order chi connectivity index (χ1) is 19.9. The highest BCUT2D eigenvalue weighted by Gasteiger charge is 2.18. The van der Waals surface area contributed by atoms with E-state index in [1.807, 2.05) is 35.2 Å². The Kier molecular flexibility index (Phi) is 19.9. The van der Waals surface area contributed by atoms with Crippen molar-refractivity contribution in [1.29, 1.82) is 0 Å². The maximum absolute atomic E-state index is 12.9. The number of amides is 1. The largest absolute Gasteiger partial charge is 0.484 e. The number of hydrogen-bond donors (Lipinski definition) is 4. The first-order valence-corrected chi connectivity index (χ1v) is 14.3. The van der Waals surface area contributed by atoms with Gasteiger partial charge in [0.25, 0.3) is 5.91 Å². The molecule has 2 aromatic rings. The molecule has 10 heteroatoms. The second kappa shape index (κ2) is 22.6. The highest BCUT2D eigenvalue weighted by molar-refractivity contribution is 5.77. The van der Waals surface area contributed by atoms with Gasteiger partial charge in [0.05, 0.1) is 20.1 Å². The van der Waals surface area contributed by atoms with Crippen LogP contribution in [0.4, 0.5) is 0 Å². The third kappa shape index (κ3) is 16.1. The highest BCUT2D eigenvalue weighted by Crippen LogP contribution is 2.15. The summed E-state index contributed by atoms with van der Waals surface area (Å²) in [6.07, 6.45) is 4.69. The van der Waals surface area contributed by atoms with E-state index in [4.69, 9.17) is 24.8 Å². The summed E-state index contributed by atoms with van der Waals surface area (Å²) in [5, 5.41) is 34.1. The van der Waals surface area contributed by atoms with Crippen LogP contribution in [-0.4, -0.2) is 101 Å². The average Bonchev–Trinajstić information content (AvgIpc) is 2.99. The van der Waals surface area contributed by atoms with Crippen LogP contribution in [0.2, 0.25) is 0 Å². The number of unbranched alkanes of at least 4 members (excludes halogenated alkanes) is 3. The molecule has 0 aliphatic carbocycles. The Bertz CT molecular complexity index is 939. The summed E-state index contributed by atoms with van der Waals surface area (Å²) in [6, 6.07) is 17.3. The number of carbonyl (C=O) groups is 2. The SMILES string of the molecule is CCCCCCN(CCc1ccccc1)C(=O)COc1ccc(C[C@H](OCC)C(=O)O)cc1.OCCN(CO)CO. The number of hydrogen-bond acceptors (Lipinski definition) is 8. The fraction of sp³-hybridized carbons (Fsp3) is 0.548. The summed E-state index contributed by atoms with van der Waals surface area (Å²) in [5.74, 6) is -0.407. The van der Waals surface area contributed by atoms with Crippen LogP contribution in [0.15, 0.2) is 54.6 Å². The molecule has 41 heavy (non-hydrogen) atoms. The highest BCUT2D eigenvalue weighted by atomic mass is 16.5. The van der Waals surface area contributed by atoms with Crippen LogP contribution in [0, 0.1) is 0 Å². The van der Waals surface area contributed by atoms with Crippen LogP contribution in [0.3, 0.4) is 0 Å². The van der Waals surface area contributed by atoms with Crippen LogP contribution in [0.25, 0.3) is 0 Å². The van der Waals surface area contributed by atoms with Crippen LogP contribution in [-0.2, 0) is 27.2 Å². The number of carbonyl (C=O) groups excluding carboxylic acids is 1. The predicted molar refractivity (Wildman–Crippen MR) is 158 cm³/mol. The monoisotopic (exact) mass is 576 g/mol. The van der Waals surface area contributed by atoms with E-state index in [1.165, 1.54) is 16.9 Å². The van der Waals surface area contributed by atoms with Gasteiger partial charge in [0.15, 0.2) is 12.7 Å². The Labute approximate surface area is 244 Å². The molecule has 10 nitrogen and oxygen atoms in total. The number of ether oxygens (including phenoxy) is 2. The lowest BCUT2D eigenvalue weighted by Gasteiger charge is -2.23. The van der Waals surface area contributed by atoms with Crippen LogP contribution < -0.4 is 4.74 Å². The number of aliphatic hydroxyl groups excluding tert-OH is 3. The van der Waals surface area contributed by atoms with Crippen LogP contribution in [0.5, 0.6) is 5.75 Å². The predicted octanol–water partition coefficient (Wildman–Crippen LogP) is 2.93. The summed E-state index contributed by atoms with van der Waals surface area (Å²) in [6.45, 7) is 5.54. The summed E-state index contributed by atoms with van der Waals surface area (Å²) >= 11 is 0. The minimum Gasteiger partial charge on any atom is -0.484 e. The minimum absolute atomic E-state index is 0.0153. The third-order valence-corrected chi connectivity index (χ3v) is 6.31. The zero-order valence-electron chi connectivity index (χ0n) is 24.5. The molecule has 0 spiro atoms. The van der Waals surface area contributed by atoms with Crippen molar-refractivity contribution in [2.24, 2.45) is 0 Å². The summed E-state index contributed by atoms with van der Waals surface area (Å²) in [4.78, 5) is 27.3. The molecule has 0 radical (unpaired) electrons. The van der Waals surface area contributed by atoms with Gasteiger partial charge in [0, 0.05) is 32.7 Å². The van der Waals surface area contributed by atoms with Crippen molar-refractivity contribution in [3.8, 4) is 5.75 Å². The number of aliphatic hydroxyl groups is 3. The second-order valence-electron chi connectivity index (χ2n) is 9.50. The first-order valence-electron chi connectivity index (χ1n) is 14.3. The number of benzene rings is 2. The topological polar surface area (TPSA) is 140 Å². The van der Waals surface area contributed by atoms with Crippen molar-refractivity contribution < 1.29 is 39.5 Å². The molecule has 0 unspecified atom stereocenters. The maximum atomic E-state index is 12.9. The Hall–Kier alpha value is -3.02. The molecule has 0 saturated carbocycles. The Morgan fingerprint density at radius 3 is 2.05 bits per heavy atom. The van der Waals surface area contributed by atoms with Gasteiger partial charge in [0.1, 0.15) is 5.75 Å². The molecule has 0 aliphatic heterocycles. The average molecular weight is 577 g/mol. The Balaban J connectivity index is 0.000000915. The fourth-order valence-corrected chi connectivity index (χ4v) is 3.92. The number of nitrogens with zero attached hydrogens (tertiary/aromatic N) is 2. The molecule has 0 saturated heterocycles. The van der Waals surface area contributed by atoms with Gasteiger partial charge in [-0.05, 0) is 43.0 Å². The van der Waals surface area contributed by atoms with Crippen LogP contribution in [0.1, 0.15) is 50.7 Å². The van der Waals surface area contributed by atoms with E-state index in [-0.39, 0.29) is 39.0 Å². The lowest BCUT2D eigenvalue weighted by atomic mass is 10.1. The van der Waals surface area contributed by atoms with E-state index in [2.05, 4.69) is 19.1 Å². The molecule has 4 N–H and O–H groups in total. The molecule has 1 atom stereocenters. The van der Waals surface area contributed by atoms with E-state index in [0.717, 1.165) is 37.8 Å². The fourth-order valence-electron chi connectivity index (χ4n) is 3.92. The number of rotatable bonds is 20. The molecule has 0 bridgehead atoms. The molecule has 2 rings (SSSR count). The maximum Gasteiger partial charge on any atom is 0.333 e. The van der Waals surface area contributed by atoms with E-state index in [9.17, 15) is 14.7 Å². The Morgan fingerprint density at radius 1 is 0.829 bits per heavy atom. The molecular weight excluding hydrogens is 528 g/mol. The van der Waals surface area contributed by atoms with Crippen molar-refractivity contribution >= 4 is 11.9 Å². The molecule has 230 valence electrons. The van der Waals surface area contributed by atoms with Gasteiger partial charge in [-0.15, -0.1) is 0 Å². The van der Waals surface area contributed by atoms with Gasteiger partial charge < -0.3 is 34.8 Å². The van der Waals surface area contributed by atoms with Gasteiger partial charge in [-0.25, -0.2) is 4.79 Å². The minimum atomic E-state index is -0.975. The molecule has 0 aliphatic rings. The van der Waals surface area contributed by atoms with Gasteiger partial charge >= 0.3 is 5.97 Å². The molecule has 0 aromatic heterocycles. The number of aliphatic carboxylic acids is 1. The van der Waals surface area contributed by atoms with Gasteiger partial charge in [0.2, 0.25) is 0 Å². The zero-order chi connectivity index (χ0) is 30.3. The van der Waals surface area contributed by atoms with Crippen molar-refractivity contribution in [2.45, 2.75) is 58.5 Å². The van der Waals surface area contributed by atoms with Crippen molar-refractivity contribution in [1.82, 2.24) is 9.80 Å². The van der Waals surface area contributed by atoms with Crippen molar-refractivity contribution in [3.05, 3.63) is 65.7 Å². The smallest absolute Gasteiger partial charge is 0.333 e. The van der Waals surface area contributed by atoms with E-state index >= 15 is 0 Å². The summed E-state index contributed by atoms with van der Waals surface area (Å²) < 4.78 is 11.0. The van der Waals surface area contributed by atoms with Crippen LogP contribution >= 0.6 is 0 Å². The lowest BCUT2D eigenvalue weighted by molar-refractivity contribution is -0.150. The summed E-state index contributed by atoms with van der Waals surface area (Å²) in [7, 11) is 0. The Morgan fingerprint density at radius 2 is 1.51 bits per heavy atom. The van der Waals surface area contributed by atoms with Gasteiger partial charge in [-0.3, -0.25) is 9.69 Å². The van der Waals surface area contributed by atoms with Crippen molar-refractivity contribution in [2.75, 3.05) is 52.9 Å². The third-order valence-electron chi connectivity index (χ3n) is 6.31.